The van der Waals surface area contributed by atoms with Crippen LogP contribution in [0.4, 0.5) is 4.79 Å². The van der Waals surface area contributed by atoms with Crippen molar-refractivity contribution in [1.82, 2.24) is 10.2 Å². The van der Waals surface area contributed by atoms with E-state index in [2.05, 4.69) is 21.2 Å². The molecule has 7 heteroatoms. The van der Waals surface area contributed by atoms with Crippen LogP contribution in [-0.2, 0) is 6.54 Å². The molecule has 0 radical (unpaired) electrons. The standard InChI is InChI=1S/C22H27BrN2O4/c1-3-28-20-6-4-5-7-21(20)29-18-10-12-25(13-11-18)22(26)24-15-16-14-17(23)8-9-19(16)27-2/h4-9,14,18H,3,10-13,15H2,1-2H3,(H,24,26). The van der Waals surface area contributed by atoms with Crippen molar-refractivity contribution in [1.29, 1.82) is 0 Å². The Bertz CT molecular complexity index is 822. The summed E-state index contributed by atoms with van der Waals surface area (Å²) < 4.78 is 18.1. The highest BCUT2D eigenvalue weighted by atomic mass is 79.9. The van der Waals surface area contributed by atoms with Gasteiger partial charge in [0.25, 0.3) is 0 Å². The number of para-hydroxylation sites is 2. The number of nitrogens with zero attached hydrogens (tertiary/aromatic N) is 1. The van der Waals surface area contributed by atoms with Crippen LogP contribution in [0.25, 0.3) is 0 Å². The van der Waals surface area contributed by atoms with E-state index in [4.69, 9.17) is 14.2 Å². The highest BCUT2D eigenvalue weighted by Crippen LogP contribution is 2.29. The Kier molecular flexibility index (Phi) is 7.63. The molecule has 1 saturated heterocycles. The number of benzene rings is 2. The molecule has 29 heavy (non-hydrogen) atoms. The summed E-state index contributed by atoms with van der Waals surface area (Å²) in [7, 11) is 1.63. The van der Waals surface area contributed by atoms with Gasteiger partial charge in [-0.2, -0.15) is 0 Å². The fraction of sp³-hybridized carbons (Fsp3) is 0.409. The molecule has 156 valence electrons. The third-order valence-electron chi connectivity index (χ3n) is 4.84. The highest BCUT2D eigenvalue weighted by molar-refractivity contribution is 9.10. The second kappa shape index (κ2) is 10.4. The maximum atomic E-state index is 12.6. The molecule has 1 aliphatic rings. The Morgan fingerprint density at radius 1 is 1.14 bits per heavy atom. The molecule has 2 aromatic rings. The van der Waals surface area contributed by atoms with Gasteiger partial charge in [-0.1, -0.05) is 28.1 Å². The number of carbonyl (C=O) groups is 1. The van der Waals surface area contributed by atoms with Crippen molar-refractivity contribution in [2.75, 3.05) is 26.8 Å². The third kappa shape index (κ3) is 5.79. The summed E-state index contributed by atoms with van der Waals surface area (Å²) in [5.74, 6) is 2.28. The van der Waals surface area contributed by atoms with Gasteiger partial charge >= 0.3 is 6.03 Å². The Labute approximate surface area is 180 Å². The fourth-order valence-corrected chi connectivity index (χ4v) is 3.76. The molecule has 0 unspecified atom stereocenters. The number of hydrogen-bond donors (Lipinski definition) is 1. The Morgan fingerprint density at radius 2 is 1.86 bits per heavy atom. The van der Waals surface area contributed by atoms with Gasteiger partial charge in [-0.3, -0.25) is 0 Å². The molecule has 0 spiro atoms. The molecular weight excluding hydrogens is 436 g/mol. The van der Waals surface area contributed by atoms with E-state index in [1.54, 1.807) is 7.11 Å². The zero-order valence-corrected chi connectivity index (χ0v) is 18.4. The van der Waals surface area contributed by atoms with Gasteiger partial charge in [0, 0.05) is 42.5 Å². The number of hydrogen-bond acceptors (Lipinski definition) is 4. The lowest BCUT2D eigenvalue weighted by Gasteiger charge is -2.32. The predicted molar refractivity (Wildman–Crippen MR) is 116 cm³/mol. The van der Waals surface area contributed by atoms with Crippen LogP contribution in [0.15, 0.2) is 46.9 Å². The molecule has 1 fully saturated rings. The number of methoxy groups -OCH3 is 1. The monoisotopic (exact) mass is 462 g/mol. The Morgan fingerprint density at radius 3 is 2.55 bits per heavy atom. The van der Waals surface area contributed by atoms with E-state index in [1.165, 1.54) is 0 Å². The van der Waals surface area contributed by atoms with E-state index in [0.717, 1.165) is 40.1 Å². The van der Waals surface area contributed by atoms with Gasteiger partial charge < -0.3 is 24.4 Å². The lowest BCUT2D eigenvalue weighted by Crippen LogP contribution is -2.46. The first kappa shape index (κ1) is 21.3. The molecule has 2 amide bonds. The topological polar surface area (TPSA) is 60.0 Å². The summed E-state index contributed by atoms with van der Waals surface area (Å²) in [4.78, 5) is 14.4. The van der Waals surface area contributed by atoms with Crippen molar-refractivity contribution >= 4 is 22.0 Å². The number of carbonyl (C=O) groups excluding carboxylic acids is 1. The molecule has 1 heterocycles. The quantitative estimate of drug-likeness (QED) is 0.652. The van der Waals surface area contributed by atoms with Gasteiger partial charge in [0.1, 0.15) is 11.9 Å². The average Bonchev–Trinajstić information content (AvgIpc) is 2.74. The lowest BCUT2D eigenvalue weighted by atomic mass is 10.1. The number of halogens is 1. The maximum absolute atomic E-state index is 12.6. The van der Waals surface area contributed by atoms with Crippen molar-refractivity contribution in [3.05, 3.63) is 52.5 Å². The first-order valence-electron chi connectivity index (χ1n) is 9.84. The molecule has 2 aromatic carbocycles. The number of urea groups is 1. The minimum Gasteiger partial charge on any atom is -0.496 e. The number of piperidine rings is 1. The smallest absolute Gasteiger partial charge is 0.317 e. The second-order valence-electron chi connectivity index (χ2n) is 6.80. The Balaban J connectivity index is 1.49. The molecule has 1 aliphatic heterocycles. The maximum Gasteiger partial charge on any atom is 0.317 e. The molecule has 0 saturated carbocycles. The van der Waals surface area contributed by atoms with E-state index >= 15 is 0 Å². The first-order chi connectivity index (χ1) is 14.1. The van der Waals surface area contributed by atoms with Crippen LogP contribution in [0.1, 0.15) is 25.3 Å². The number of ether oxygens (including phenoxy) is 3. The van der Waals surface area contributed by atoms with Gasteiger partial charge in [0.05, 0.1) is 13.7 Å². The first-order valence-corrected chi connectivity index (χ1v) is 10.6. The van der Waals surface area contributed by atoms with E-state index in [0.29, 0.717) is 26.2 Å². The summed E-state index contributed by atoms with van der Waals surface area (Å²) in [6.45, 7) is 4.28. The minimum absolute atomic E-state index is 0.0693. The lowest BCUT2D eigenvalue weighted by molar-refractivity contribution is 0.107. The van der Waals surface area contributed by atoms with Crippen molar-refractivity contribution in [2.45, 2.75) is 32.4 Å². The van der Waals surface area contributed by atoms with Crippen molar-refractivity contribution in [3.63, 3.8) is 0 Å². The predicted octanol–water partition coefficient (Wildman–Crippen LogP) is 4.61. The van der Waals surface area contributed by atoms with Crippen LogP contribution >= 0.6 is 15.9 Å². The van der Waals surface area contributed by atoms with Crippen LogP contribution < -0.4 is 19.5 Å². The summed E-state index contributed by atoms with van der Waals surface area (Å²) in [6.07, 6.45) is 1.65. The zero-order chi connectivity index (χ0) is 20.6. The van der Waals surface area contributed by atoms with Crippen molar-refractivity contribution in [2.24, 2.45) is 0 Å². The van der Waals surface area contributed by atoms with Crippen LogP contribution in [-0.4, -0.2) is 43.8 Å². The summed E-state index contributed by atoms with van der Waals surface area (Å²) >= 11 is 3.46. The van der Waals surface area contributed by atoms with E-state index in [1.807, 2.05) is 54.3 Å². The molecule has 6 nitrogen and oxygen atoms in total. The zero-order valence-electron chi connectivity index (χ0n) is 16.8. The van der Waals surface area contributed by atoms with Crippen LogP contribution in [0.3, 0.4) is 0 Å². The highest BCUT2D eigenvalue weighted by Gasteiger charge is 2.24. The second-order valence-corrected chi connectivity index (χ2v) is 7.71. The third-order valence-corrected chi connectivity index (χ3v) is 5.34. The molecule has 1 N–H and O–H groups in total. The van der Waals surface area contributed by atoms with E-state index < -0.39 is 0 Å². The van der Waals surface area contributed by atoms with E-state index in [-0.39, 0.29) is 12.1 Å². The van der Waals surface area contributed by atoms with Gasteiger partial charge in [-0.15, -0.1) is 0 Å². The summed E-state index contributed by atoms with van der Waals surface area (Å²) in [6, 6.07) is 13.4. The van der Waals surface area contributed by atoms with Crippen LogP contribution in [0, 0.1) is 0 Å². The molecule has 0 aromatic heterocycles. The van der Waals surface area contributed by atoms with Gasteiger partial charge in [0.15, 0.2) is 11.5 Å². The van der Waals surface area contributed by atoms with Gasteiger partial charge in [-0.05, 0) is 37.3 Å². The fourth-order valence-electron chi connectivity index (χ4n) is 3.35. The Hall–Kier alpha value is -2.41. The van der Waals surface area contributed by atoms with Crippen LogP contribution in [0.2, 0.25) is 0 Å². The number of nitrogens with one attached hydrogen (secondary N) is 1. The molecule has 3 rings (SSSR count). The SMILES string of the molecule is CCOc1ccccc1OC1CCN(C(=O)NCc2cc(Br)ccc2OC)CC1. The van der Waals surface area contributed by atoms with Gasteiger partial charge in [0.2, 0.25) is 0 Å². The number of likely N-dealkylation sites (tertiary alicyclic amines) is 1. The summed E-state index contributed by atoms with van der Waals surface area (Å²) in [5, 5.41) is 2.99. The molecule has 0 atom stereocenters. The number of rotatable bonds is 7. The van der Waals surface area contributed by atoms with Crippen molar-refractivity contribution < 1.29 is 19.0 Å². The minimum atomic E-state index is -0.0693. The molecule has 0 bridgehead atoms. The van der Waals surface area contributed by atoms with Crippen LogP contribution in [0.5, 0.6) is 17.2 Å². The van der Waals surface area contributed by atoms with Gasteiger partial charge in [-0.25, -0.2) is 4.79 Å². The molecule has 0 aliphatic carbocycles. The largest absolute Gasteiger partial charge is 0.496 e. The molecular formula is C22H27BrN2O4. The van der Waals surface area contributed by atoms with E-state index in [9.17, 15) is 4.79 Å². The summed E-state index contributed by atoms with van der Waals surface area (Å²) in [5.41, 5.74) is 0.931. The normalized spacial score (nSPS) is 14.4. The average molecular weight is 463 g/mol. The van der Waals surface area contributed by atoms with Crippen molar-refractivity contribution in [3.8, 4) is 17.2 Å². The number of amides is 2.